The normalized spacial score (nSPS) is 14.3. The molecule has 0 aliphatic carbocycles. The number of benzene rings is 3. The molecule has 1 fully saturated rings. The minimum Gasteiger partial charge on any atom is -0.392 e. The van der Waals surface area contributed by atoms with Gasteiger partial charge in [-0.3, -0.25) is 0 Å². The Morgan fingerprint density at radius 2 is 1.76 bits per heavy atom. The number of nitrogens with one attached hydrogen (secondary N) is 2. The molecule has 5 rings (SSSR count). The summed E-state index contributed by atoms with van der Waals surface area (Å²) < 4.78 is 27.9. The lowest BCUT2D eigenvalue weighted by Crippen LogP contribution is -2.33. The first kappa shape index (κ1) is 25.2. The Labute approximate surface area is 216 Å². The third kappa shape index (κ3) is 5.94. The number of fused-ring (bicyclic) bond motifs is 1. The SMILES string of the molecule is Cc1cc2nc(Nc3ccc(S(=O)(=O)NCCN4CCCC4)cc3)nnc2cc1-c1cccc(CO)c1. The number of aromatic nitrogens is 3. The summed E-state index contributed by atoms with van der Waals surface area (Å²) >= 11 is 0. The Morgan fingerprint density at radius 3 is 2.51 bits per heavy atom. The maximum Gasteiger partial charge on any atom is 0.247 e. The largest absolute Gasteiger partial charge is 0.392 e. The van der Waals surface area contributed by atoms with E-state index in [0.29, 0.717) is 29.2 Å². The predicted octanol–water partition coefficient (Wildman–Crippen LogP) is 3.61. The molecule has 0 bridgehead atoms. The third-order valence-corrected chi connectivity index (χ3v) is 8.04. The van der Waals surface area contributed by atoms with Gasteiger partial charge in [0.1, 0.15) is 5.52 Å². The van der Waals surface area contributed by atoms with Gasteiger partial charge in [-0.1, -0.05) is 18.2 Å². The van der Waals surface area contributed by atoms with E-state index in [1.165, 1.54) is 12.8 Å². The summed E-state index contributed by atoms with van der Waals surface area (Å²) in [5.41, 5.74) is 5.88. The molecule has 9 nitrogen and oxygen atoms in total. The summed E-state index contributed by atoms with van der Waals surface area (Å²) in [6.45, 7) is 5.18. The molecule has 0 atom stereocenters. The first-order chi connectivity index (χ1) is 17.9. The fourth-order valence-corrected chi connectivity index (χ4v) is 5.59. The average molecular weight is 519 g/mol. The van der Waals surface area contributed by atoms with Crippen LogP contribution in [0.1, 0.15) is 24.0 Å². The lowest BCUT2D eigenvalue weighted by atomic mass is 9.98. The highest BCUT2D eigenvalue weighted by Gasteiger charge is 2.16. The number of anilines is 2. The number of likely N-dealkylation sites (tertiary alicyclic amines) is 1. The first-order valence-corrected chi connectivity index (χ1v) is 13.8. The summed E-state index contributed by atoms with van der Waals surface area (Å²) in [4.78, 5) is 7.07. The number of sulfonamides is 1. The summed E-state index contributed by atoms with van der Waals surface area (Å²) in [7, 11) is -3.57. The van der Waals surface area contributed by atoms with Crippen molar-refractivity contribution in [2.75, 3.05) is 31.5 Å². The van der Waals surface area contributed by atoms with Crippen LogP contribution in [0.4, 0.5) is 11.6 Å². The number of aliphatic hydroxyl groups is 1. The second kappa shape index (κ2) is 10.9. The van der Waals surface area contributed by atoms with E-state index in [2.05, 4.69) is 30.1 Å². The van der Waals surface area contributed by atoms with E-state index in [-0.39, 0.29) is 11.5 Å². The lowest BCUT2D eigenvalue weighted by molar-refractivity contribution is 0.282. The van der Waals surface area contributed by atoms with Gasteiger partial charge in [0.15, 0.2) is 0 Å². The molecule has 3 aromatic carbocycles. The summed E-state index contributed by atoms with van der Waals surface area (Å²) in [5, 5.41) is 21.1. The zero-order valence-corrected chi connectivity index (χ0v) is 21.5. The van der Waals surface area contributed by atoms with Gasteiger partial charge in [0.05, 0.1) is 17.0 Å². The Morgan fingerprint density at radius 1 is 0.973 bits per heavy atom. The number of aliphatic hydroxyl groups excluding tert-OH is 1. The molecule has 1 saturated heterocycles. The van der Waals surface area contributed by atoms with E-state index in [4.69, 9.17) is 0 Å². The Hall–Kier alpha value is -3.44. The Kier molecular flexibility index (Phi) is 7.43. The highest BCUT2D eigenvalue weighted by atomic mass is 32.2. The van der Waals surface area contributed by atoms with Crippen molar-refractivity contribution in [3.05, 3.63) is 71.8 Å². The molecule has 4 aromatic rings. The van der Waals surface area contributed by atoms with Crippen molar-refractivity contribution in [1.29, 1.82) is 0 Å². The van der Waals surface area contributed by atoms with Crippen molar-refractivity contribution in [1.82, 2.24) is 24.8 Å². The van der Waals surface area contributed by atoms with Crippen LogP contribution in [0.2, 0.25) is 0 Å². The molecule has 0 amide bonds. The molecule has 1 aliphatic rings. The third-order valence-electron chi connectivity index (χ3n) is 6.56. The number of nitrogens with zero attached hydrogens (tertiary/aromatic N) is 4. The summed E-state index contributed by atoms with van der Waals surface area (Å²) in [6.07, 6.45) is 2.36. The molecule has 0 spiro atoms. The number of hydrogen-bond acceptors (Lipinski definition) is 8. The van der Waals surface area contributed by atoms with Gasteiger partial charge in [-0.25, -0.2) is 18.1 Å². The minimum atomic E-state index is -3.57. The van der Waals surface area contributed by atoms with Crippen LogP contribution in [0.5, 0.6) is 0 Å². The van der Waals surface area contributed by atoms with Crippen LogP contribution in [0.15, 0.2) is 65.6 Å². The molecule has 37 heavy (non-hydrogen) atoms. The molecule has 192 valence electrons. The highest BCUT2D eigenvalue weighted by Crippen LogP contribution is 2.28. The van der Waals surface area contributed by atoms with Gasteiger partial charge in [-0.2, -0.15) is 0 Å². The molecular formula is C27H30N6O3S. The van der Waals surface area contributed by atoms with Crippen molar-refractivity contribution < 1.29 is 13.5 Å². The quantitative estimate of drug-likeness (QED) is 0.307. The van der Waals surface area contributed by atoms with Gasteiger partial charge in [0.25, 0.3) is 0 Å². The maximum atomic E-state index is 12.6. The second-order valence-electron chi connectivity index (χ2n) is 9.25. The molecule has 10 heteroatoms. The molecular weight excluding hydrogens is 488 g/mol. The summed E-state index contributed by atoms with van der Waals surface area (Å²) in [5.74, 6) is 0.321. The number of hydrogen-bond donors (Lipinski definition) is 3. The van der Waals surface area contributed by atoms with Crippen molar-refractivity contribution in [2.45, 2.75) is 31.3 Å². The van der Waals surface area contributed by atoms with E-state index in [0.717, 1.165) is 41.9 Å². The Balaban J connectivity index is 1.28. The average Bonchev–Trinajstić information content (AvgIpc) is 3.42. The van der Waals surface area contributed by atoms with Gasteiger partial charge >= 0.3 is 0 Å². The van der Waals surface area contributed by atoms with Crippen LogP contribution in [0.3, 0.4) is 0 Å². The van der Waals surface area contributed by atoms with Crippen LogP contribution in [-0.2, 0) is 16.6 Å². The van der Waals surface area contributed by atoms with Crippen LogP contribution < -0.4 is 10.0 Å². The van der Waals surface area contributed by atoms with Gasteiger partial charge in [0, 0.05) is 18.8 Å². The van der Waals surface area contributed by atoms with E-state index < -0.39 is 10.0 Å². The molecule has 1 aliphatic heterocycles. The molecule has 3 N–H and O–H groups in total. The monoisotopic (exact) mass is 518 g/mol. The highest BCUT2D eigenvalue weighted by molar-refractivity contribution is 7.89. The van der Waals surface area contributed by atoms with E-state index >= 15 is 0 Å². The van der Waals surface area contributed by atoms with E-state index in [1.807, 2.05) is 43.3 Å². The molecule has 2 heterocycles. The zero-order valence-electron chi connectivity index (χ0n) is 20.7. The number of rotatable bonds is 9. The van der Waals surface area contributed by atoms with Gasteiger partial charge in [-0.15, -0.1) is 10.2 Å². The van der Waals surface area contributed by atoms with Gasteiger partial charge in [0.2, 0.25) is 16.0 Å². The van der Waals surface area contributed by atoms with Crippen molar-refractivity contribution >= 4 is 32.7 Å². The summed E-state index contributed by atoms with van der Waals surface area (Å²) in [6, 6.07) is 18.2. The van der Waals surface area contributed by atoms with Gasteiger partial charge in [-0.05, 0) is 97.6 Å². The van der Waals surface area contributed by atoms with Crippen LogP contribution in [-0.4, -0.2) is 59.8 Å². The smallest absolute Gasteiger partial charge is 0.247 e. The predicted molar refractivity (Wildman–Crippen MR) is 144 cm³/mol. The minimum absolute atomic E-state index is 0.0149. The fourth-order valence-electron chi connectivity index (χ4n) is 4.56. The fraction of sp³-hybridized carbons (Fsp3) is 0.296. The molecule has 0 unspecified atom stereocenters. The van der Waals surface area contributed by atoms with E-state index in [9.17, 15) is 13.5 Å². The number of aryl methyl sites for hydroxylation is 1. The standard InChI is InChI=1S/C27H30N6O3S/c1-19-15-25-26(17-24(19)21-6-4-5-20(16-21)18-34)31-32-27(30-25)29-22-7-9-23(10-8-22)37(35,36)28-11-14-33-12-2-3-13-33/h4-10,15-17,28,34H,2-3,11-14,18H2,1H3,(H,29,30,32). The first-order valence-electron chi connectivity index (χ1n) is 12.4. The topological polar surface area (TPSA) is 120 Å². The zero-order chi connectivity index (χ0) is 25.8. The lowest BCUT2D eigenvalue weighted by Gasteiger charge is -2.15. The molecule has 1 aromatic heterocycles. The van der Waals surface area contributed by atoms with Crippen molar-refractivity contribution in [2.24, 2.45) is 0 Å². The van der Waals surface area contributed by atoms with Gasteiger partial charge < -0.3 is 15.3 Å². The Bertz CT molecular complexity index is 1500. The van der Waals surface area contributed by atoms with Crippen LogP contribution in [0, 0.1) is 6.92 Å². The van der Waals surface area contributed by atoms with Crippen molar-refractivity contribution in [3.8, 4) is 11.1 Å². The molecule has 0 saturated carbocycles. The van der Waals surface area contributed by atoms with Crippen molar-refractivity contribution in [3.63, 3.8) is 0 Å². The molecule has 0 radical (unpaired) electrons. The van der Waals surface area contributed by atoms with Crippen LogP contribution >= 0.6 is 0 Å². The van der Waals surface area contributed by atoms with E-state index in [1.54, 1.807) is 24.3 Å². The van der Waals surface area contributed by atoms with Crippen LogP contribution in [0.25, 0.3) is 22.2 Å². The second-order valence-corrected chi connectivity index (χ2v) is 11.0. The maximum absolute atomic E-state index is 12.6.